The van der Waals surface area contributed by atoms with Gasteiger partial charge in [0, 0.05) is 20.3 Å². The summed E-state index contributed by atoms with van der Waals surface area (Å²) in [5.74, 6) is -3.39. The molecule has 24 heavy (non-hydrogen) atoms. The first kappa shape index (κ1) is 26.7. The molecule has 140 valence electrons. The van der Waals surface area contributed by atoms with Gasteiger partial charge in [0.1, 0.15) is 17.3 Å². The van der Waals surface area contributed by atoms with Crippen LogP contribution in [0.4, 0.5) is 0 Å². The highest BCUT2D eigenvalue weighted by Crippen LogP contribution is 2.23. The Morgan fingerprint density at radius 2 is 1.42 bits per heavy atom. The van der Waals surface area contributed by atoms with Crippen LogP contribution in [-0.4, -0.2) is 34.4 Å². The Bertz CT molecular complexity index is 461. The van der Waals surface area contributed by atoms with E-state index in [1.165, 1.54) is 27.7 Å². The van der Waals surface area contributed by atoms with Crippen LogP contribution in [0.1, 0.15) is 68.7 Å². The molecule has 0 saturated carbocycles. The summed E-state index contributed by atoms with van der Waals surface area (Å²) in [5, 5.41) is 8.97. The standard InChI is InChI=1S/C8H10O5.C6H10O2.C2H6.CH4/c1-4(9)5-6(10)12-8(2,3)13-7(5)11;1-3-6(8)4-5(2)7;1-2;/h9H,1-3H3;3-4H2,1-2H3;1-2H3;1H4. The minimum Gasteiger partial charge on any atom is -0.511 e. The molecular formula is C17H30O7. The molecule has 7 heteroatoms. The second-order valence-corrected chi connectivity index (χ2v) is 4.91. The topological polar surface area (TPSA) is 107 Å². The van der Waals surface area contributed by atoms with E-state index in [0.717, 1.165) is 0 Å². The van der Waals surface area contributed by atoms with Gasteiger partial charge in [0.25, 0.3) is 5.79 Å². The number of ketones is 2. The average molecular weight is 346 g/mol. The first-order chi connectivity index (χ1) is 10.5. The van der Waals surface area contributed by atoms with Gasteiger partial charge in [-0.05, 0) is 13.8 Å². The number of hydrogen-bond acceptors (Lipinski definition) is 7. The monoisotopic (exact) mass is 346 g/mol. The molecule has 0 aliphatic carbocycles. The highest BCUT2D eigenvalue weighted by Gasteiger charge is 2.40. The number of cyclic esters (lactones) is 2. The van der Waals surface area contributed by atoms with E-state index < -0.39 is 29.1 Å². The Kier molecular flexibility index (Phi) is 13.7. The van der Waals surface area contributed by atoms with E-state index in [0.29, 0.717) is 6.42 Å². The Morgan fingerprint density at radius 1 is 1.04 bits per heavy atom. The van der Waals surface area contributed by atoms with Crippen LogP contribution >= 0.6 is 0 Å². The normalized spacial score (nSPS) is 14.4. The summed E-state index contributed by atoms with van der Waals surface area (Å²) >= 11 is 0. The lowest BCUT2D eigenvalue weighted by molar-refractivity contribution is -0.222. The maximum Gasteiger partial charge on any atom is 0.352 e. The van der Waals surface area contributed by atoms with Crippen molar-refractivity contribution in [2.45, 2.75) is 74.5 Å². The first-order valence-electron chi connectivity index (χ1n) is 7.37. The van der Waals surface area contributed by atoms with Crippen LogP contribution in [0.25, 0.3) is 0 Å². The predicted octanol–water partition coefficient (Wildman–Crippen LogP) is 3.26. The molecule has 7 nitrogen and oxygen atoms in total. The minimum atomic E-state index is -1.26. The molecule has 1 aliphatic rings. The molecule has 0 atom stereocenters. The average Bonchev–Trinajstić information content (AvgIpc) is 2.37. The SMILES string of the molecule is C.CC.CC(O)=C1C(=O)OC(C)(C)OC1=O.CCC(=O)CC(C)=O. The third-order valence-corrected chi connectivity index (χ3v) is 2.29. The fourth-order valence-electron chi connectivity index (χ4n) is 1.35. The molecule has 0 bridgehead atoms. The molecule has 1 saturated heterocycles. The van der Waals surface area contributed by atoms with Crippen LogP contribution in [0, 0.1) is 0 Å². The Hall–Kier alpha value is -2.18. The van der Waals surface area contributed by atoms with Crippen LogP contribution in [0.15, 0.2) is 11.3 Å². The van der Waals surface area contributed by atoms with Gasteiger partial charge < -0.3 is 14.6 Å². The molecule has 1 fully saturated rings. The molecule has 0 unspecified atom stereocenters. The number of aliphatic hydroxyl groups excluding tert-OH is 1. The van der Waals surface area contributed by atoms with Crippen LogP contribution in [0.5, 0.6) is 0 Å². The van der Waals surface area contributed by atoms with Gasteiger partial charge in [0.2, 0.25) is 0 Å². The maximum atomic E-state index is 11.1. The molecule has 0 aromatic heterocycles. The van der Waals surface area contributed by atoms with E-state index in [1.807, 2.05) is 13.8 Å². The molecular weight excluding hydrogens is 316 g/mol. The van der Waals surface area contributed by atoms with Crippen molar-refractivity contribution in [3.05, 3.63) is 11.3 Å². The zero-order chi connectivity index (χ0) is 18.8. The van der Waals surface area contributed by atoms with Crippen LogP contribution < -0.4 is 0 Å². The maximum absolute atomic E-state index is 11.1. The van der Waals surface area contributed by atoms with E-state index in [4.69, 9.17) is 14.6 Å². The van der Waals surface area contributed by atoms with Gasteiger partial charge in [0.15, 0.2) is 5.57 Å². The largest absolute Gasteiger partial charge is 0.511 e. The van der Waals surface area contributed by atoms with Crippen molar-refractivity contribution in [1.82, 2.24) is 0 Å². The van der Waals surface area contributed by atoms with Crippen molar-refractivity contribution in [3.63, 3.8) is 0 Å². The number of carbonyl (C=O) groups excluding carboxylic acids is 4. The van der Waals surface area contributed by atoms with Crippen molar-refractivity contribution in [2.75, 3.05) is 0 Å². The Labute approximate surface area is 144 Å². The number of Topliss-reactive ketones (excluding diaryl/α,β-unsaturated/α-hetero) is 2. The molecule has 1 aliphatic heterocycles. The molecule has 1 heterocycles. The van der Waals surface area contributed by atoms with Crippen molar-refractivity contribution in [3.8, 4) is 0 Å². The lowest BCUT2D eigenvalue weighted by atomic mass is 10.2. The van der Waals surface area contributed by atoms with Gasteiger partial charge in [-0.25, -0.2) is 9.59 Å². The number of rotatable bonds is 3. The summed E-state index contributed by atoms with van der Waals surface area (Å²) in [6, 6.07) is 0. The number of aliphatic hydroxyl groups is 1. The van der Waals surface area contributed by atoms with Gasteiger partial charge in [-0.3, -0.25) is 9.59 Å². The summed E-state index contributed by atoms with van der Waals surface area (Å²) < 4.78 is 9.44. The van der Waals surface area contributed by atoms with Crippen molar-refractivity contribution >= 4 is 23.5 Å². The molecule has 0 spiro atoms. The number of ether oxygens (including phenoxy) is 2. The Balaban J connectivity index is -0.000000350. The highest BCUT2D eigenvalue weighted by atomic mass is 16.7. The molecule has 0 amide bonds. The van der Waals surface area contributed by atoms with Crippen LogP contribution in [0.2, 0.25) is 0 Å². The molecule has 0 radical (unpaired) electrons. The van der Waals surface area contributed by atoms with E-state index in [2.05, 4.69) is 0 Å². The number of esters is 2. The highest BCUT2D eigenvalue weighted by molar-refractivity contribution is 6.15. The number of allylic oxidation sites excluding steroid dienone is 1. The lowest BCUT2D eigenvalue weighted by Gasteiger charge is -2.29. The molecule has 0 aromatic rings. The zero-order valence-corrected chi connectivity index (χ0v) is 14.8. The summed E-state index contributed by atoms with van der Waals surface area (Å²) in [6.07, 6.45) is 0.579. The third-order valence-electron chi connectivity index (χ3n) is 2.29. The van der Waals surface area contributed by atoms with E-state index in [-0.39, 0.29) is 25.4 Å². The Morgan fingerprint density at radius 3 is 1.62 bits per heavy atom. The summed E-state index contributed by atoms with van der Waals surface area (Å²) in [7, 11) is 0. The molecule has 0 aromatic carbocycles. The first-order valence-corrected chi connectivity index (χ1v) is 7.37. The molecule has 1 rings (SSSR count). The number of carbonyl (C=O) groups is 4. The quantitative estimate of drug-likeness (QED) is 0.275. The van der Waals surface area contributed by atoms with E-state index in [1.54, 1.807) is 6.92 Å². The van der Waals surface area contributed by atoms with Crippen molar-refractivity contribution < 1.29 is 33.8 Å². The molecule has 1 N–H and O–H groups in total. The summed E-state index contributed by atoms with van der Waals surface area (Å²) in [4.78, 5) is 42.8. The second kappa shape index (κ2) is 12.3. The van der Waals surface area contributed by atoms with Crippen LogP contribution in [-0.2, 0) is 28.7 Å². The zero-order valence-electron chi connectivity index (χ0n) is 14.8. The van der Waals surface area contributed by atoms with Gasteiger partial charge in [-0.1, -0.05) is 28.2 Å². The minimum absolute atomic E-state index is 0. The third kappa shape index (κ3) is 10.5. The van der Waals surface area contributed by atoms with Gasteiger partial charge in [-0.15, -0.1) is 0 Å². The second-order valence-electron chi connectivity index (χ2n) is 4.91. The van der Waals surface area contributed by atoms with Gasteiger partial charge in [0.05, 0.1) is 6.42 Å². The van der Waals surface area contributed by atoms with E-state index >= 15 is 0 Å². The summed E-state index contributed by atoms with van der Waals surface area (Å²) in [6.45, 7) is 11.3. The predicted molar refractivity (Wildman–Crippen MR) is 90.3 cm³/mol. The van der Waals surface area contributed by atoms with E-state index in [9.17, 15) is 19.2 Å². The van der Waals surface area contributed by atoms with Crippen molar-refractivity contribution in [2.24, 2.45) is 0 Å². The van der Waals surface area contributed by atoms with Crippen LogP contribution in [0.3, 0.4) is 0 Å². The fourth-order valence-corrected chi connectivity index (χ4v) is 1.35. The smallest absolute Gasteiger partial charge is 0.352 e. The van der Waals surface area contributed by atoms with Gasteiger partial charge in [-0.2, -0.15) is 0 Å². The fraction of sp³-hybridized carbons (Fsp3) is 0.647. The number of hydrogen-bond donors (Lipinski definition) is 1. The van der Waals surface area contributed by atoms with Crippen molar-refractivity contribution in [1.29, 1.82) is 0 Å². The summed E-state index contributed by atoms with van der Waals surface area (Å²) in [5.41, 5.74) is -0.445. The van der Waals surface area contributed by atoms with Gasteiger partial charge >= 0.3 is 11.9 Å². The lowest BCUT2D eigenvalue weighted by Crippen LogP contribution is -2.42.